The topological polar surface area (TPSA) is 85.8 Å². The van der Waals surface area contributed by atoms with Gasteiger partial charge < -0.3 is 9.15 Å². The summed E-state index contributed by atoms with van der Waals surface area (Å²) in [6.07, 6.45) is 3.74. The van der Waals surface area contributed by atoms with Crippen LogP contribution in [0.5, 0.6) is 5.75 Å². The summed E-state index contributed by atoms with van der Waals surface area (Å²) in [5, 5.41) is 15.6. The fourth-order valence-corrected chi connectivity index (χ4v) is 4.67. The molecule has 0 unspecified atom stereocenters. The highest BCUT2D eigenvalue weighted by molar-refractivity contribution is 7.99. The number of benzene rings is 2. The zero-order chi connectivity index (χ0) is 23.5. The lowest BCUT2D eigenvalue weighted by Gasteiger charge is -2.19. The SMILES string of the molecule is COc1ccccc1-n1cnnc1SCC(=O)N1N=C(c2ccc(Cl)cc2)C[C@H]1c1ccco1. The minimum Gasteiger partial charge on any atom is -0.495 e. The van der Waals surface area contributed by atoms with Crippen molar-refractivity contribution < 1.29 is 13.9 Å². The molecule has 0 saturated carbocycles. The van der Waals surface area contributed by atoms with Crippen molar-refractivity contribution >= 4 is 35.0 Å². The van der Waals surface area contributed by atoms with E-state index in [0.717, 1.165) is 17.0 Å². The Balaban J connectivity index is 1.37. The van der Waals surface area contributed by atoms with Gasteiger partial charge in [0.1, 0.15) is 23.9 Å². The Bertz CT molecular complexity index is 1320. The highest BCUT2D eigenvalue weighted by Crippen LogP contribution is 2.34. The summed E-state index contributed by atoms with van der Waals surface area (Å²) in [5.74, 6) is 1.33. The third-order valence-corrected chi connectivity index (χ3v) is 6.58. The molecule has 2 aromatic heterocycles. The van der Waals surface area contributed by atoms with Crippen molar-refractivity contribution in [1.29, 1.82) is 0 Å². The smallest absolute Gasteiger partial charge is 0.253 e. The van der Waals surface area contributed by atoms with E-state index in [1.54, 1.807) is 24.3 Å². The van der Waals surface area contributed by atoms with E-state index in [1.165, 1.54) is 16.8 Å². The molecule has 1 amide bonds. The maximum absolute atomic E-state index is 13.3. The van der Waals surface area contributed by atoms with Crippen LogP contribution in [0.2, 0.25) is 5.02 Å². The molecule has 0 spiro atoms. The van der Waals surface area contributed by atoms with Gasteiger partial charge in [-0.25, -0.2) is 5.01 Å². The summed E-state index contributed by atoms with van der Waals surface area (Å²) in [4.78, 5) is 13.3. The Morgan fingerprint density at radius 2 is 2.00 bits per heavy atom. The lowest BCUT2D eigenvalue weighted by Crippen LogP contribution is -2.28. The van der Waals surface area contributed by atoms with Gasteiger partial charge in [0.25, 0.3) is 5.91 Å². The van der Waals surface area contributed by atoms with Crippen molar-refractivity contribution in [3.05, 3.63) is 89.6 Å². The van der Waals surface area contributed by atoms with Gasteiger partial charge in [0.15, 0.2) is 5.16 Å². The number of aromatic nitrogens is 3. The first-order valence-electron chi connectivity index (χ1n) is 10.5. The number of hydrazone groups is 1. The molecule has 0 radical (unpaired) electrons. The largest absolute Gasteiger partial charge is 0.495 e. The predicted molar refractivity (Wildman–Crippen MR) is 130 cm³/mol. The molecule has 0 N–H and O–H groups in total. The summed E-state index contributed by atoms with van der Waals surface area (Å²) in [7, 11) is 1.61. The maximum Gasteiger partial charge on any atom is 0.253 e. The van der Waals surface area contributed by atoms with E-state index in [1.807, 2.05) is 60.7 Å². The van der Waals surface area contributed by atoms with Crippen LogP contribution in [0.1, 0.15) is 23.8 Å². The Kier molecular flexibility index (Phi) is 6.37. The highest BCUT2D eigenvalue weighted by Gasteiger charge is 2.35. The van der Waals surface area contributed by atoms with E-state index >= 15 is 0 Å². The Labute approximate surface area is 205 Å². The minimum atomic E-state index is -0.319. The number of hydrogen-bond donors (Lipinski definition) is 0. The van der Waals surface area contributed by atoms with Crippen molar-refractivity contribution in [1.82, 2.24) is 19.8 Å². The molecule has 0 bridgehead atoms. The number of rotatable bonds is 7. The van der Waals surface area contributed by atoms with E-state index < -0.39 is 0 Å². The molecule has 8 nitrogen and oxygen atoms in total. The number of carbonyl (C=O) groups is 1. The number of halogens is 1. The summed E-state index contributed by atoms with van der Waals surface area (Å²) in [6, 6.07) is 18.3. The number of para-hydroxylation sites is 2. The first-order chi connectivity index (χ1) is 16.6. The van der Waals surface area contributed by atoms with Crippen LogP contribution in [0, 0.1) is 0 Å². The van der Waals surface area contributed by atoms with Gasteiger partial charge in [0.05, 0.1) is 30.5 Å². The molecule has 5 rings (SSSR count). The molecule has 10 heteroatoms. The second-order valence-electron chi connectivity index (χ2n) is 7.47. The van der Waals surface area contributed by atoms with Crippen LogP contribution in [0.3, 0.4) is 0 Å². The van der Waals surface area contributed by atoms with Crippen molar-refractivity contribution in [3.63, 3.8) is 0 Å². The third kappa shape index (κ3) is 4.44. The number of nitrogens with zero attached hydrogens (tertiary/aromatic N) is 5. The minimum absolute atomic E-state index is 0.127. The van der Waals surface area contributed by atoms with Gasteiger partial charge in [-0.15, -0.1) is 10.2 Å². The van der Waals surface area contributed by atoms with Crippen LogP contribution < -0.4 is 4.74 Å². The molecule has 0 saturated heterocycles. The van der Waals surface area contributed by atoms with E-state index in [9.17, 15) is 4.79 Å². The molecule has 34 heavy (non-hydrogen) atoms. The summed E-state index contributed by atoms with van der Waals surface area (Å²) >= 11 is 7.32. The Hall–Kier alpha value is -3.56. The third-order valence-electron chi connectivity index (χ3n) is 5.40. The van der Waals surface area contributed by atoms with Gasteiger partial charge in [-0.05, 0) is 42.0 Å². The van der Waals surface area contributed by atoms with E-state index in [2.05, 4.69) is 15.3 Å². The second-order valence-corrected chi connectivity index (χ2v) is 8.85. The van der Waals surface area contributed by atoms with Crippen LogP contribution in [-0.2, 0) is 4.79 Å². The molecular formula is C24H20ClN5O3S. The number of ether oxygens (including phenoxy) is 1. The average molecular weight is 494 g/mol. The Morgan fingerprint density at radius 3 is 2.76 bits per heavy atom. The van der Waals surface area contributed by atoms with Gasteiger partial charge in [0, 0.05) is 11.4 Å². The highest BCUT2D eigenvalue weighted by atomic mass is 35.5. The molecule has 4 aromatic rings. The quantitative estimate of drug-likeness (QED) is 0.337. The normalized spacial score (nSPS) is 15.4. The van der Waals surface area contributed by atoms with Crippen molar-refractivity contribution in [2.45, 2.75) is 17.6 Å². The fraction of sp³-hybridized carbons (Fsp3) is 0.167. The second kappa shape index (κ2) is 9.74. The van der Waals surface area contributed by atoms with Crippen LogP contribution >= 0.6 is 23.4 Å². The molecule has 2 aromatic carbocycles. The molecule has 1 atom stereocenters. The molecule has 3 heterocycles. The van der Waals surface area contributed by atoms with Gasteiger partial charge in [-0.2, -0.15) is 5.10 Å². The van der Waals surface area contributed by atoms with Crippen LogP contribution in [0.15, 0.2) is 87.9 Å². The molecule has 172 valence electrons. The standard InChI is InChI=1S/C24H20ClN5O3S/c1-32-21-6-3-2-5-19(21)29-15-26-27-24(29)34-14-23(31)30-20(22-7-4-12-33-22)13-18(28-30)16-8-10-17(25)11-9-16/h2-12,15,20H,13-14H2,1H3/t20-/m0/s1. The molecule has 0 aliphatic carbocycles. The summed E-state index contributed by atoms with van der Waals surface area (Å²) in [5.41, 5.74) is 2.51. The predicted octanol–water partition coefficient (Wildman–Crippen LogP) is 4.99. The number of thioether (sulfide) groups is 1. The van der Waals surface area contributed by atoms with E-state index in [4.69, 9.17) is 20.8 Å². The van der Waals surface area contributed by atoms with Crippen LogP contribution in [0.25, 0.3) is 5.69 Å². The first kappa shape index (κ1) is 22.2. The number of methoxy groups -OCH3 is 1. The van der Waals surface area contributed by atoms with Gasteiger partial charge in [0.2, 0.25) is 0 Å². The zero-order valence-electron chi connectivity index (χ0n) is 18.2. The van der Waals surface area contributed by atoms with Crippen molar-refractivity contribution in [3.8, 4) is 11.4 Å². The van der Waals surface area contributed by atoms with E-state index in [0.29, 0.717) is 28.1 Å². The number of furan rings is 1. The average Bonchev–Trinajstić information content (AvgIpc) is 3.63. The Morgan fingerprint density at radius 1 is 1.18 bits per heavy atom. The number of hydrogen-bond acceptors (Lipinski definition) is 7. The van der Waals surface area contributed by atoms with Gasteiger partial charge in [-0.3, -0.25) is 9.36 Å². The monoisotopic (exact) mass is 493 g/mol. The maximum atomic E-state index is 13.3. The first-order valence-corrected chi connectivity index (χ1v) is 11.9. The zero-order valence-corrected chi connectivity index (χ0v) is 19.7. The fourth-order valence-electron chi connectivity index (χ4n) is 3.77. The van der Waals surface area contributed by atoms with Gasteiger partial charge in [-0.1, -0.05) is 47.6 Å². The molecule has 0 fully saturated rings. The lowest BCUT2D eigenvalue weighted by molar-refractivity contribution is -0.130. The molecular weight excluding hydrogens is 474 g/mol. The number of amides is 1. The van der Waals surface area contributed by atoms with Gasteiger partial charge >= 0.3 is 0 Å². The summed E-state index contributed by atoms with van der Waals surface area (Å²) < 4.78 is 12.9. The van der Waals surface area contributed by atoms with Crippen LogP contribution in [0.4, 0.5) is 0 Å². The molecule has 1 aliphatic rings. The van der Waals surface area contributed by atoms with Crippen molar-refractivity contribution in [2.75, 3.05) is 12.9 Å². The van der Waals surface area contributed by atoms with Crippen LogP contribution in [-0.4, -0.2) is 44.3 Å². The summed E-state index contributed by atoms with van der Waals surface area (Å²) in [6.45, 7) is 0. The van der Waals surface area contributed by atoms with Crippen molar-refractivity contribution in [2.24, 2.45) is 5.10 Å². The number of carbonyl (C=O) groups excluding carboxylic acids is 1. The lowest BCUT2D eigenvalue weighted by atomic mass is 10.0. The molecule has 1 aliphatic heterocycles. The van der Waals surface area contributed by atoms with E-state index in [-0.39, 0.29) is 17.7 Å².